The van der Waals surface area contributed by atoms with Gasteiger partial charge in [0.2, 0.25) is 0 Å². The van der Waals surface area contributed by atoms with Crippen LogP contribution in [0, 0.1) is 0 Å². The molecule has 2 aliphatic rings. The Morgan fingerprint density at radius 3 is 2.70 bits per heavy atom. The Balaban J connectivity index is 1.40. The number of ether oxygens (including phenoxy) is 2. The quantitative estimate of drug-likeness (QED) is 0.875. The van der Waals surface area contributed by atoms with E-state index in [0.29, 0.717) is 5.92 Å². The van der Waals surface area contributed by atoms with Crippen LogP contribution >= 0.6 is 0 Å². The fourth-order valence-corrected chi connectivity index (χ4v) is 3.70. The normalized spacial score (nSPS) is 24.0. The molecule has 1 aromatic rings. The molecule has 0 unspecified atom stereocenters. The van der Waals surface area contributed by atoms with E-state index in [0.717, 1.165) is 57.7 Å². The number of hydrogen-bond acceptors (Lipinski definition) is 4. The highest BCUT2D eigenvalue weighted by Crippen LogP contribution is 2.30. The third-order valence-corrected chi connectivity index (χ3v) is 5.10. The summed E-state index contributed by atoms with van der Waals surface area (Å²) in [5.74, 6) is 0.581. The van der Waals surface area contributed by atoms with Gasteiger partial charge in [-0.3, -0.25) is 0 Å². The first-order chi connectivity index (χ1) is 11.4. The van der Waals surface area contributed by atoms with Crippen LogP contribution in [0.5, 0.6) is 0 Å². The van der Waals surface area contributed by atoms with Crippen molar-refractivity contribution in [3.63, 3.8) is 0 Å². The van der Waals surface area contributed by atoms with E-state index in [1.165, 1.54) is 18.4 Å². The number of nitrogens with zero attached hydrogens (tertiary/aromatic N) is 1. The molecule has 2 aliphatic heterocycles. The van der Waals surface area contributed by atoms with Crippen molar-refractivity contribution in [3.05, 3.63) is 35.4 Å². The molecule has 2 fully saturated rings. The van der Waals surface area contributed by atoms with Gasteiger partial charge in [0.25, 0.3) is 0 Å². The van der Waals surface area contributed by atoms with Gasteiger partial charge >= 0.3 is 0 Å². The lowest BCUT2D eigenvalue weighted by molar-refractivity contribution is -0.164. The average Bonchev–Trinajstić information content (AvgIpc) is 2.63. The Bertz CT molecular complexity index is 465. The second kappa shape index (κ2) is 8.78. The number of rotatable bonds is 6. The van der Waals surface area contributed by atoms with Crippen molar-refractivity contribution in [2.75, 3.05) is 32.8 Å². The van der Waals surface area contributed by atoms with Gasteiger partial charge in [-0.15, -0.1) is 0 Å². The summed E-state index contributed by atoms with van der Waals surface area (Å²) >= 11 is 0. The van der Waals surface area contributed by atoms with Crippen LogP contribution in [0.25, 0.3) is 0 Å². The molecule has 2 saturated heterocycles. The molecule has 0 aromatic heterocycles. The van der Waals surface area contributed by atoms with Crippen LogP contribution in [0.4, 0.5) is 0 Å². The van der Waals surface area contributed by atoms with Crippen molar-refractivity contribution < 1.29 is 14.6 Å². The standard InChI is InChI=1S/C19H29NO3/c21-15-17-5-1-2-6-18(17)16-8-10-20(11-9-16)12-14-23-19-7-3-4-13-22-19/h1-2,5-6,16,19,21H,3-4,7-15H2/t19-/m0/s1. The van der Waals surface area contributed by atoms with E-state index in [-0.39, 0.29) is 12.9 Å². The van der Waals surface area contributed by atoms with E-state index in [9.17, 15) is 5.11 Å². The lowest BCUT2D eigenvalue weighted by Gasteiger charge is -2.33. The zero-order valence-electron chi connectivity index (χ0n) is 14.0. The van der Waals surface area contributed by atoms with Crippen molar-refractivity contribution in [1.29, 1.82) is 0 Å². The molecule has 3 rings (SSSR count). The van der Waals surface area contributed by atoms with Crippen molar-refractivity contribution in [3.8, 4) is 0 Å². The van der Waals surface area contributed by atoms with Crippen LogP contribution in [0.15, 0.2) is 24.3 Å². The maximum Gasteiger partial charge on any atom is 0.157 e. The molecule has 4 nitrogen and oxygen atoms in total. The van der Waals surface area contributed by atoms with Gasteiger partial charge in [-0.1, -0.05) is 24.3 Å². The van der Waals surface area contributed by atoms with Gasteiger partial charge in [-0.05, 0) is 62.2 Å². The second-order valence-corrected chi connectivity index (χ2v) is 6.64. The number of aliphatic hydroxyl groups is 1. The van der Waals surface area contributed by atoms with Crippen LogP contribution in [-0.2, 0) is 16.1 Å². The minimum absolute atomic E-state index is 0.0257. The lowest BCUT2D eigenvalue weighted by Crippen LogP contribution is -2.36. The molecule has 0 amide bonds. The SMILES string of the molecule is OCc1ccccc1C1CCN(CCO[C@H]2CCCCO2)CC1. The third kappa shape index (κ3) is 4.77. The first kappa shape index (κ1) is 16.9. The first-order valence-electron chi connectivity index (χ1n) is 9.01. The molecule has 0 aliphatic carbocycles. The maximum atomic E-state index is 9.50. The summed E-state index contributed by atoms with van der Waals surface area (Å²) in [6.45, 7) is 4.97. The molecular weight excluding hydrogens is 290 g/mol. The Morgan fingerprint density at radius 2 is 1.96 bits per heavy atom. The van der Waals surface area contributed by atoms with E-state index in [1.54, 1.807) is 0 Å². The van der Waals surface area contributed by atoms with E-state index < -0.39 is 0 Å². The van der Waals surface area contributed by atoms with E-state index in [4.69, 9.17) is 9.47 Å². The fourth-order valence-electron chi connectivity index (χ4n) is 3.70. The van der Waals surface area contributed by atoms with Crippen LogP contribution in [0.2, 0.25) is 0 Å². The Labute approximate surface area is 139 Å². The molecule has 1 N–H and O–H groups in total. The number of hydrogen-bond donors (Lipinski definition) is 1. The third-order valence-electron chi connectivity index (χ3n) is 5.10. The van der Waals surface area contributed by atoms with Gasteiger partial charge in [0.05, 0.1) is 13.2 Å². The van der Waals surface area contributed by atoms with Crippen molar-refractivity contribution in [2.45, 2.75) is 50.9 Å². The molecule has 2 heterocycles. The predicted molar refractivity (Wildman–Crippen MR) is 90.3 cm³/mol. The largest absolute Gasteiger partial charge is 0.392 e. The van der Waals surface area contributed by atoms with Crippen molar-refractivity contribution >= 4 is 0 Å². The minimum atomic E-state index is 0.0257. The van der Waals surface area contributed by atoms with Gasteiger partial charge < -0.3 is 19.5 Å². The monoisotopic (exact) mass is 319 g/mol. The smallest absolute Gasteiger partial charge is 0.157 e. The molecule has 4 heteroatoms. The first-order valence-corrected chi connectivity index (χ1v) is 9.01. The van der Waals surface area contributed by atoms with Crippen LogP contribution in [0.1, 0.15) is 49.1 Å². The molecule has 0 radical (unpaired) electrons. The number of likely N-dealkylation sites (tertiary alicyclic amines) is 1. The number of piperidine rings is 1. The highest BCUT2D eigenvalue weighted by atomic mass is 16.7. The molecule has 0 saturated carbocycles. The zero-order valence-corrected chi connectivity index (χ0v) is 14.0. The second-order valence-electron chi connectivity index (χ2n) is 6.64. The summed E-state index contributed by atoms with van der Waals surface area (Å²) < 4.78 is 11.4. The van der Waals surface area contributed by atoms with Gasteiger partial charge in [0.15, 0.2) is 6.29 Å². The summed E-state index contributed by atoms with van der Waals surface area (Å²) in [6.07, 6.45) is 5.79. The summed E-state index contributed by atoms with van der Waals surface area (Å²) in [5, 5.41) is 9.50. The molecular formula is C19H29NO3. The van der Waals surface area contributed by atoms with Crippen LogP contribution in [-0.4, -0.2) is 49.1 Å². The summed E-state index contributed by atoms with van der Waals surface area (Å²) in [5.41, 5.74) is 2.42. The van der Waals surface area contributed by atoms with E-state index in [2.05, 4.69) is 17.0 Å². The number of aliphatic hydroxyl groups excluding tert-OH is 1. The summed E-state index contributed by atoms with van der Waals surface area (Å²) in [6, 6.07) is 8.31. The zero-order chi connectivity index (χ0) is 15.9. The molecule has 128 valence electrons. The molecule has 0 bridgehead atoms. The van der Waals surface area contributed by atoms with Gasteiger partial charge in [0, 0.05) is 13.2 Å². The van der Waals surface area contributed by atoms with Crippen LogP contribution in [0.3, 0.4) is 0 Å². The highest BCUT2D eigenvalue weighted by Gasteiger charge is 2.22. The molecule has 0 spiro atoms. The van der Waals surface area contributed by atoms with Crippen molar-refractivity contribution in [2.24, 2.45) is 0 Å². The molecule has 23 heavy (non-hydrogen) atoms. The van der Waals surface area contributed by atoms with Gasteiger partial charge in [-0.25, -0.2) is 0 Å². The Hall–Kier alpha value is -0.940. The van der Waals surface area contributed by atoms with E-state index in [1.807, 2.05) is 12.1 Å². The van der Waals surface area contributed by atoms with Crippen LogP contribution < -0.4 is 0 Å². The van der Waals surface area contributed by atoms with Gasteiger partial charge in [0.1, 0.15) is 0 Å². The maximum absolute atomic E-state index is 9.50. The lowest BCUT2D eigenvalue weighted by atomic mass is 9.86. The minimum Gasteiger partial charge on any atom is -0.392 e. The van der Waals surface area contributed by atoms with Crippen molar-refractivity contribution in [1.82, 2.24) is 4.90 Å². The summed E-state index contributed by atoms with van der Waals surface area (Å²) in [4.78, 5) is 2.49. The Morgan fingerprint density at radius 1 is 1.13 bits per heavy atom. The topological polar surface area (TPSA) is 41.9 Å². The highest BCUT2D eigenvalue weighted by molar-refractivity contribution is 5.30. The van der Waals surface area contributed by atoms with E-state index >= 15 is 0 Å². The predicted octanol–water partition coefficient (Wildman–Crippen LogP) is 2.90. The molecule has 1 aromatic carbocycles. The fraction of sp³-hybridized carbons (Fsp3) is 0.684. The number of benzene rings is 1. The van der Waals surface area contributed by atoms with Gasteiger partial charge in [-0.2, -0.15) is 0 Å². The Kier molecular flexibility index (Phi) is 6.46. The average molecular weight is 319 g/mol. The molecule has 1 atom stereocenters. The summed E-state index contributed by atoms with van der Waals surface area (Å²) in [7, 11) is 0.